The van der Waals surface area contributed by atoms with Crippen molar-refractivity contribution in [3.05, 3.63) is 30.1 Å². The highest BCUT2D eigenvalue weighted by Crippen LogP contribution is 2.00. The summed E-state index contributed by atoms with van der Waals surface area (Å²) in [4.78, 5) is 10.5. The van der Waals surface area contributed by atoms with Crippen LogP contribution >= 0.6 is 0 Å². The molecule has 0 saturated heterocycles. The van der Waals surface area contributed by atoms with E-state index in [0.29, 0.717) is 19.0 Å². The predicted molar refractivity (Wildman–Crippen MR) is 76.4 cm³/mol. The minimum atomic E-state index is 0.667. The molecule has 0 aliphatic rings. The molecule has 106 valence electrons. The Labute approximate surface area is 114 Å². The van der Waals surface area contributed by atoms with Crippen molar-refractivity contribution < 1.29 is 4.74 Å². The second-order valence-electron chi connectivity index (χ2n) is 4.12. The van der Waals surface area contributed by atoms with Gasteiger partial charge in [0.1, 0.15) is 0 Å². The van der Waals surface area contributed by atoms with Crippen LogP contribution in [0.3, 0.4) is 0 Å². The lowest BCUT2D eigenvalue weighted by molar-refractivity contribution is 0.146. The van der Waals surface area contributed by atoms with Gasteiger partial charge in [-0.05, 0) is 25.0 Å². The van der Waals surface area contributed by atoms with Crippen molar-refractivity contribution in [1.29, 1.82) is 0 Å². The van der Waals surface area contributed by atoms with Crippen LogP contribution in [-0.2, 0) is 11.3 Å². The van der Waals surface area contributed by atoms with Crippen LogP contribution in [0.1, 0.15) is 18.9 Å². The lowest BCUT2D eigenvalue weighted by Crippen LogP contribution is -2.42. The number of aliphatic imine (C=N–C) groups is 1. The van der Waals surface area contributed by atoms with Gasteiger partial charge in [0, 0.05) is 45.7 Å². The number of hydrazine groups is 1. The van der Waals surface area contributed by atoms with Gasteiger partial charge >= 0.3 is 0 Å². The van der Waals surface area contributed by atoms with Crippen LogP contribution in [0.25, 0.3) is 0 Å². The summed E-state index contributed by atoms with van der Waals surface area (Å²) in [6, 6.07) is 3.94. The predicted octanol–water partition coefficient (Wildman–Crippen LogP) is 0.759. The fourth-order valence-electron chi connectivity index (χ4n) is 1.61. The number of aromatic nitrogens is 1. The quantitative estimate of drug-likeness (QED) is 0.250. The first-order chi connectivity index (χ1) is 9.27. The molecule has 0 spiro atoms. The van der Waals surface area contributed by atoms with Gasteiger partial charge in [0.2, 0.25) is 5.96 Å². The average Bonchev–Trinajstić information content (AvgIpc) is 2.44. The monoisotopic (exact) mass is 265 g/mol. The second kappa shape index (κ2) is 9.29. The van der Waals surface area contributed by atoms with E-state index in [0.717, 1.165) is 25.2 Å². The Kier molecular flexibility index (Phi) is 7.53. The van der Waals surface area contributed by atoms with E-state index in [-0.39, 0.29) is 0 Å². The van der Waals surface area contributed by atoms with E-state index in [1.807, 2.05) is 37.2 Å². The van der Waals surface area contributed by atoms with Crippen molar-refractivity contribution in [3.63, 3.8) is 0 Å². The number of pyridine rings is 1. The fourth-order valence-corrected chi connectivity index (χ4v) is 1.61. The van der Waals surface area contributed by atoms with Crippen LogP contribution in [0, 0.1) is 0 Å². The van der Waals surface area contributed by atoms with E-state index in [1.165, 1.54) is 0 Å². The molecule has 1 aromatic rings. The van der Waals surface area contributed by atoms with Crippen molar-refractivity contribution >= 4 is 5.96 Å². The molecule has 0 aliphatic carbocycles. The Bertz CT molecular complexity index is 369. The Morgan fingerprint density at radius 2 is 2.42 bits per heavy atom. The zero-order valence-corrected chi connectivity index (χ0v) is 11.7. The van der Waals surface area contributed by atoms with Gasteiger partial charge in [0.05, 0.1) is 0 Å². The van der Waals surface area contributed by atoms with Gasteiger partial charge in [-0.25, -0.2) is 5.84 Å². The van der Waals surface area contributed by atoms with Crippen LogP contribution in [0.2, 0.25) is 0 Å². The Morgan fingerprint density at radius 1 is 1.58 bits per heavy atom. The number of rotatable bonds is 7. The highest BCUT2D eigenvalue weighted by Gasteiger charge is 2.05. The van der Waals surface area contributed by atoms with E-state index in [4.69, 9.17) is 10.6 Å². The zero-order valence-electron chi connectivity index (χ0n) is 11.7. The van der Waals surface area contributed by atoms with Crippen LogP contribution < -0.4 is 11.3 Å². The van der Waals surface area contributed by atoms with Crippen molar-refractivity contribution in [2.45, 2.75) is 19.9 Å². The van der Waals surface area contributed by atoms with Gasteiger partial charge in [0.15, 0.2) is 0 Å². The Morgan fingerprint density at radius 3 is 3.05 bits per heavy atom. The maximum absolute atomic E-state index is 5.50. The molecule has 0 amide bonds. The molecule has 0 aliphatic heterocycles. The van der Waals surface area contributed by atoms with Crippen LogP contribution in [-0.4, -0.2) is 42.6 Å². The maximum atomic E-state index is 5.50. The molecular formula is C13H23N5O. The normalized spacial score (nSPS) is 11.4. The number of nitrogens with two attached hydrogens (primary N) is 1. The first-order valence-electron chi connectivity index (χ1n) is 6.46. The maximum Gasteiger partial charge on any atom is 0.208 e. The lowest BCUT2D eigenvalue weighted by atomic mass is 10.3. The summed E-state index contributed by atoms with van der Waals surface area (Å²) in [5.41, 5.74) is 3.74. The summed E-state index contributed by atoms with van der Waals surface area (Å²) in [6.07, 6.45) is 4.48. The standard InChI is InChI=1S/C13H23N5O/c1-3-19-9-5-8-16-13(17-14)18(2)11-12-6-4-7-15-10-12/h4,6-7,10H,3,5,8-9,11,14H2,1-2H3,(H,16,17). The molecule has 0 radical (unpaired) electrons. The molecule has 1 rings (SSSR count). The van der Waals surface area contributed by atoms with Crippen LogP contribution in [0.4, 0.5) is 0 Å². The summed E-state index contributed by atoms with van der Waals surface area (Å²) in [6.45, 7) is 4.86. The SMILES string of the molecule is CCOCCCN=C(NN)N(C)Cc1cccnc1. The molecule has 19 heavy (non-hydrogen) atoms. The summed E-state index contributed by atoms with van der Waals surface area (Å²) in [5, 5.41) is 0. The van der Waals surface area contributed by atoms with Gasteiger partial charge < -0.3 is 9.64 Å². The lowest BCUT2D eigenvalue weighted by Gasteiger charge is -2.20. The first-order valence-corrected chi connectivity index (χ1v) is 6.46. The number of guanidine groups is 1. The topological polar surface area (TPSA) is 75.8 Å². The van der Waals surface area contributed by atoms with Crippen molar-refractivity contribution in [2.75, 3.05) is 26.8 Å². The third-order valence-corrected chi connectivity index (χ3v) is 2.55. The van der Waals surface area contributed by atoms with Gasteiger partial charge in [-0.3, -0.25) is 15.4 Å². The molecule has 1 heterocycles. The van der Waals surface area contributed by atoms with Crippen molar-refractivity contribution in [1.82, 2.24) is 15.3 Å². The summed E-state index contributed by atoms with van der Waals surface area (Å²) >= 11 is 0. The van der Waals surface area contributed by atoms with Crippen molar-refractivity contribution in [2.24, 2.45) is 10.8 Å². The van der Waals surface area contributed by atoms with E-state index >= 15 is 0 Å². The molecule has 6 heteroatoms. The van der Waals surface area contributed by atoms with Crippen molar-refractivity contribution in [3.8, 4) is 0 Å². The third kappa shape index (κ3) is 6.17. The summed E-state index contributed by atoms with van der Waals surface area (Å²) < 4.78 is 5.26. The number of nitrogens with one attached hydrogen (secondary N) is 1. The van der Waals surface area contributed by atoms with Gasteiger partial charge in [0.25, 0.3) is 0 Å². The number of hydrogen-bond acceptors (Lipinski definition) is 4. The van der Waals surface area contributed by atoms with Gasteiger partial charge in [-0.1, -0.05) is 6.07 Å². The van der Waals surface area contributed by atoms with E-state index in [2.05, 4.69) is 15.4 Å². The van der Waals surface area contributed by atoms with Gasteiger partial charge in [-0.15, -0.1) is 0 Å². The molecule has 1 aromatic heterocycles. The molecule has 6 nitrogen and oxygen atoms in total. The van der Waals surface area contributed by atoms with Gasteiger partial charge in [-0.2, -0.15) is 0 Å². The second-order valence-corrected chi connectivity index (χ2v) is 4.12. The molecule has 0 atom stereocenters. The van der Waals surface area contributed by atoms with Crippen LogP contribution in [0.5, 0.6) is 0 Å². The minimum absolute atomic E-state index is 0.667. The number of nitrogens with zero attached hydrogens (tertiary/aromatic N) is 3. The Hall–Kier alpha value is -1.66. The third-order valence-electron chi connectivity index (χ3n) is 2.55. The molecule has 0 fully saturated rings. The minimum Gasteiger partial charge on any atom is -0.382 e. The van der Waals surface area contributed by atoms with E-state index in [9.17, 15) is 0 Å². The molecule has 0 saturated carbocycles. The van der Waals surface area contributed by atoms with E-state index < -0.39 is 0 Å². The molecule has 0 aromatic carbocycles. The molecular weight excluding hydrogens is 242 g/mol. The highest BCUT2D eigenvalue weighted by molar-refractivity contribution is 5.79. The molecule has 3 N–H and O–H groups in total. The fraction of sp³-hybridized carbons (Fsp3) is 0.538. The largest absolute Gasteiger partial charge is 0.382 e. The smallest absolute Gasteiger partial charge is 0.208 e. The first kappa shape index (κ1) is 15.4. The number of ether oxygens (including phenoxy) is 1. The summed E-state index contributed by atoms with van der Waals surface area (Å²) in [7, 11) is 1.94. The summed E-state index contributed by atoms with van der Waals surface area (Å²) in [5.74, 6) is 6.17. The van der Waals surface area contributed by atoms with Crippen LogP contribution in [0.15, 0.2) is 29.5 Å². The molecule has 0 unspecified atom stereocenters. The molecule has 0 bridgehead atoms. The average molecular weight is 265 g/mol. The highest BCUT2D eigenvalue weighted by atomic mass is 16.5. The zero-order chi connectivity index (χ0) is 13.9. The van der Waals surface area contributed by atoms with E-state index in [1.54, 1.807) is 6.20 Å². The number of hydrogen-bond donors (Lipinski definition) is 2. The Balaban J connectivity index is 2.42.